The number of anilines is 1. The largest absolute Gasteiger partial charge is 0.495 e. The standard InChI is InChI=1S/C30H28N2O6S/c1-32(20-22-11-5-3-6-12-22)39(35,36)28-19-24(17-18-27(28)37-2)30(34)38-21-29(33)31-26-16-10-9-15-25(26)23-13-7-4-8-14-23/h3-19H,20-21H2,1-2H3,(H,31,33). The Hall–Kier alpha value is -4.47. The molecule has 8 nitrogen and oxygen atoms in total. The average Bonchev–Trinajstić information content (AvgIpc) is 2.96. The van der Waals surface area contributed by atoms with Gasteiger partial charge in [0.15, 0.2) is 6.61 Å². The Morgan fingerprint density at radius 1 is 0.846 bits per heavy atom. The van der Waals surface area contributed by atoms with Gasteiger partial charge in [-0.05, 0) is 35.4 Å². The summed E-state index contributed by atoms with van der Waals surface area (Å²) in [5, 5.41) is 2.77. The van der Waals surface area contributed by atoms with Crippen molar-refractivity contribution in [3.8, 4) is 16.9 Å². The molecule has 0 unspecified atom stereocenters. The van der Waals surface area contributed by atoms with Gasteiger partial charge in [0.05, 0.1) is 12.7 Å². The van der Waals surface area contributed by atoms with Crippen LogP contribution in [0.3, 0.4) is 0 Å². The van der Waals surface area contributed by atoms with Crippen LogP contribution in [0.5, 0.6) is 5.75 Å². The van der Waals surface area contributed by atoms with Crippen LogP contribution >= 0.6 is 0 Å². The van der Waals surface area contributed by atoms with E-state index in [1.165, 1.54) is 36.7 Å². The van der Waals surface area contributed by atoms with Crippen molar-refractivity contribution in [2.75, 3.05) is 26.1 Å². The van der Waals surface area contributed by atoms with E-state index in [0.29, 0.717) is 5.69 Å². The first-order valence-electron chi connectivity index (χ1n) is 12.1. The fourth-order valence-corrected chi connectivity index (χ4v) is 5.30. The van der Waals surface area contributed by atoms with Crippen LogP contribution < -0.4 is 10.1 Å². The van der Waals surface area contributed by atoms with Gasteiger partial charge in [-0.25, -0.2) is 13.2 Å². The molecule has 0 fully saturated rings. The molecule has 200 valence electrons. The molecule has 9 heteroatoms. The summed E-state index contributed by atoms with van der Waals surface area (Å²) in [5.41, 5.74) is 3.10. The molecule has 0 saturated carbocycles. The van der Waals surface area contributed by atoms with Crippen LogP contribution in [0.15, 0.2) is 108 Å². The van der Waals surface area contributed by atoms with Gasteiger partial charge in [0.1, 0.15) is 10.6 Å². The van der Waals surface area contributed by atoms with Gasteiger partial charge in [0.25, 0.3) is 5.91 Å². The zero-order chi connectivity index (χ0) is 27.8. The lowest BCUT2D eigenvalue weighted by atomic mass is 10.0. The summed E-state index contributed by atoms with van der Waals surface area (Å²) in [6.45, 7) is -0.421. The zero-order valence-electron chi connectivity index (χ0n) is 21.5. The quantitative estimate of drug-likeness (QED) is 0.283. The number of methoxy groups -OCH3 is 1. The fraction of sp³-hybridized carbons (Fsp3) is 0.133. The van der Waals surface area contributed by atoms with E-state index in [9.17, 15) is 18.0 Å². The number of benzene rings is 4. The Morgan fingerprint density at radius 2 is 1.49 bits per heavy atom. The average molecular weight is 545 g/mol. The number of esters is 1. The van der Waals surface area contributed by atoms with Crippen molar-refractivity contribution in [3.63, 3.8) is 0 Å². The maximum absolute atomic E-state index is 13.3. The first-order chi connectivity index (χ1) is 18.8. The monoisotopic (exact) mass is 544 g/mol. The van der Waals surface area contributed by atoms with Crippen LogP contribution in [0.4, 0.5) is 5.69 Å². The molecule has 4 rings (SSSR count). The predicted octanol–water partition coefficient (Wildman–Crippen LogP) is 4.98. The van der Waals surface area contributed by atoms with E-state index in [0.717, 1.165) is 16.7 Å². The maximum atomic E-state index is 13.3. The summed E-state index contributed by atoms with van der Waals surface area (Å²) in [7, 11) is -1.22. The van der Waals surface area contributed by atoms with Crippen molar-refractivity contribution in [2.45, 2.75) is 11.4 Å². The topological polar surface area (TPSA) is 102 Å². The van der Waals surface area contributed by atoms with Gasteiger partial charge in [-0.15, -0.1) is 0 Å². The smallest absolute Gasteiger partial charge is 0.338 e. The lowest BCUT2D eigenvalue weighted by Gasteiger charge is -2.19. The lowest BCUT2D eigenvalue weighted by Crippen LogP contribution is -2.27. The van der Waals surface area contributed by atoms with Crippen LogP contribution in [0.25, 0.3) is 11.1 Å². The minimum Gasteiger partial charge on any atom is -0.495 e. The molecule has 0 radical (unpaired) electrons. The van der Waals surface area contributed by atoms with Gasteiger partial charge in [0, 0.05) is 24.8 Å². The van der Waals surface area contributed by atoms with Crippen molar-refractivity contribution in [1.82, 2.24) is 4.31 Å². The number of nitrogens with one attached hydrogen (secondary N) is 1. The molecular weight excluding hydrogens is 516 g/mol. The Balaban J connectivity index is 1.46. The van der Waals surface area contributed by atoms with Crippen molar-refractivity contribution >= 4 is 27.6 Å². The van der Waals surface area contributed by atoms with Crippen LogP contribution in [-0.2, 0) is 26.1 Å². The Bertz CT molecular complexity index is 1560. The predicted molar refractivity (Wildman–Crippen MR) is 149 cm³/mol. The highest BCUT2D eigenvalue weighted by Crippen LogP contribution is 2.29. The number of hydrogen-bond donors (Lipinski definition) is 1. The number of amides is 1. The fourth-order valence-electron chi connectivity index (χ4n) is 3.96. The van der Waals surface area contributed by atoms with E-state index in [4.69, 9.17) is 9.47 Å². The molecule has 0 heterocycles. The third-order valence-electron chi connectivity index (χ3n) is 5.96. The Labute approximate surface area is 227 Å². The number of sulfonamides is 1. The van der Waals surface area contributed by atoms with Gasteiger partial charge >= 0.3 is 5.97 Å². The number of ether oxygens (including phenoxy) is 2. The molecular formula is C30H28N2O6S. The van der Waals surface area contributed by atoms with E-state index in [2.05, 4.69) is 5.32 Å². The number of carbonyl (C=O) groups is 2. The molecule has 1 N–H and O–H groups in total. The molecule has 4 aromatic rings. The summed E-state index contributed by atoms with van der Waals surface area (Å²) in [4.78, 5) is 25.2. The van der Waals surface area contributed by atoms with E-state index >= 15 is 0 Å². The molecule has 0 aromatic heterocycles. The minimum absolute atomic E-state index is 0.0278. The van der Waals surface area contributed by atoms with Gasteiger partial charge in [-0.2, -0.15) is 4.31 Å². The number of carbonyl (C=O) groups excluding carboxylic acids is 2. The minimum atomic E-state index is -4.02. The molecule has 4 aromatic carbocycles. The number of rotatable bonds is 10. The summed E-state index contributed by atoms with van der Waals surface area (Å²) in [6, 6.07) is 30.0. The molecule has 0 aliphatic heterocycles. The number of hydrogen-bond acceptors (Lipinski definition) is 6. The molecule has 0 bridgehead atoms. The van der Waals surface area contributed by atoms with Gasteiger partial charge in [0.2, 0.25) is 10.0 Å². The van der Waals surface area contributed by atoms with Crippen molar-refractivity contribution in [1.29, 1.82) is 0 Å². The van der Waals surface area contributed by atoms with Crippen LogP contribution in [0, 0.1) is 0 Å². The number of para-hydroxylation sites is 1. The summed E-state index contributed by atoms with van der Waals surface area (Å²) >= 11 is 0. The lowest BCUT2D eigenvalue weighted by molar-refractivity contribution is -0.119. The van der Waals surface area contributed by atoms with E-state index in [1.807, 2.05) is 72.8 Å². The second-order valence-corrected chi connectivity index (χ2v) is 10.7. The third kappa shape index (κ3) is 6.70. The van der Waals surface area contributed by atoms with E-state index in [-0.39, 0.29) is 22.8 Å². The highest BCUT2D eigenvalue weighted by atomic mass is 32.2. The molecule has 0 aliphatic rings. The van der Waals surface area contributed by atoms with Crippen molar-refractivity contribution in [2.24, 2.45) is 0 Å². The van der Waals surface area contributed by atoms with Crippen LogP contribution in [0.2, 0.25) is 0 Å². The molecule has 1 amide bonds. The maximum Gasteiger partial charge on any atom is 0.338 e. The van der Waals surface area contributed by atoms with Gasteiger partial charge in [-0.1, -0.05) is 78.9 Å². The summed E-state index contributed by atoms with van der Waals surface area (Å²) in [5.74, 6) is -1.29. The molecule has 0 atom stereocenters. The zero-order valence-corrected chi connectivity index (χ0v) is 22.4. The molecule has 0 saturated heterocycles. The van der Waals surface area contributed by atoms with Crippen LogP contribution in [-0.4, -0.2) is 45.4 Å². The van der Waals surface area contributed by atoms with Crippen molar-refractivity contribution in [3.05, 3.63) is 114 Å². The van der Waals surface area contributed by atoms with Gasteiger partial charge < -0.3 is 14.8 Å². The summed E-state index contributed by atoms with van der Waals surface area (Å²) in [6.07, 6.45) is 0. The highest BCUT2D eigenvalue weighted by molar-refractivity contribution is 7.89. The Kier molecular flexibility index (Phi) is 8.75. The van der Waals surface area contributed by atoms with Crippen molar-refractivity contribution < 1.29 is 27.5 Å². The second kappa shape index (κ2) is 12.4. The first-order valence-corrected chi connectivity index (χ1v) is 13.5. The molecule has 0 aliphatic carbocycles. The second-order valence-electron chi connectivity index (χ2n) is 8.65. The third-order valence-corrected chi connectivity index (χ3v) is 7.78. The highest BCUT2D eigenvalue weighted by Gasteiger charge is 2.27. The van der Waals surface area contributed by atoms with Gasteiger partial charge in [-0.3, -0.25) is 4.79 Å². The van der Waals surface area contributed by atoms with E-state index in [1.54, 1.807) is 12.1 Å². The van der Waals surface area contributed by atoms with E-state index < -0.39 is 28.5 Å². The first kappa shape index (κ1) is 27.6. The summed E-state index contributed by atoms with van der Waals surface area (Å²) < 4.78 is 38.3. The SMILES string of the molecule is COc1ccc(C(=O)OCC(=O)Nc2ccccc2-c2ccccc2)cc1S(=O)(=O)N(C)Cc1ccccc1. The molecule has 0 spiro atoms. The normalized spacial score (nSPS) is 11.2. The molecule has 39 heavy (non-hydrogen) atoms. The Morgan fingerprint density at radius 3 is 2.18 bits per heavy atom. The van der Waals surface area contributed by atoms with Crippen LogP contribution in [0.1, 0.15) is 15.9 Å². The number of nitrogens with zero attached hydrogens (tertiary/aromatic N) is 1.